The van der Waals surface area contributed by atoms with Crippen LogP contribution in [0.4, 0.5) is 11.5 Å². The van der Waals surface area contributed by atoms with E-state index >= 15 is 0 Å². The molecule has 1 heterocycles. The molecule has 1 aromatic heterocycles. The van der Waals surface area contributed by atoms with Crippen molar-refractivity contribution in [3.63, 3.8) is 0 Å². The van der Waals surface area contributed by atoms with E-state index in [2.05, 4.69) is 31.7 Å². The molecule has 2 N–H and O–H groups in total. The summed E-state index contributed by atoms with van der Waals surface area (Å²) in [5.74, 6) is 0.664. The van der Waals surface area contributed by atoms with Gasteiger partial charge in [-0.1, -0.05) is 41.9 Å². The van der Waals surface area contributed by atoms with Crippen LogP contribution in [0.3, 0.4) is 0 Å². The van der Waals surface area contributed by atoms with Gasteiger partial charge >= 0.3 is 0 Å². The summed E-state index contributed by atoms with van der Waals surface area (Å²) < 4.78 is 2.68. The molecular weight excluding hydrogens is 408 g/mol. The molecule has 0 bridgehead atoms. The van der Waals surface area contributed by atoms with Gasteiger partial charge in [-0.25, -0.2) is 0 Å². The lowest BCUT2D eigenvalue weighted by atomic mass is 10.2. The summed E-state index contributed by atoms with van der Waals surface area (Å²) in [6, 6.07) is 17.4. The molecule has 7 heteroatoms. The van der Waals surface area contributed by atoms with Crippen molar-refractivity contribution < 1.29 is 0 Å². The summed E-state index contributed by atoms with van der Waals surface area (Å²) in [6.07, 6.45) is 1.90. The van der Waals surface area contributed by atoms with E-state index in [-0.39, 0.29) is 0 Å². The minimum Gasteiger partial charge on any atom is -0.332 e. The predicted octanol–water partition coefficient (Wildman–Crippen LogP) is 5.16. The van der Waals surface area contributed by atoms with E-state index in [0.29, 0.717) is 17.5 Å². The lowest BCUT2D eigenvalue weighted by Gasteiger charge is -2.08. The molecule has 0 spiro atoms. The fraction of sp³-hybridized carbons (Fsp3) is 0.0588. The van der Waals surface area contributed by atoms with Crippen molar-refractivity contribution in [2.45, 2.75) is 6.54 Å². The van der Waals surface area contributed by atoms with Crippen LogP contribution in [-0.4, -0.2) is 14.9 Å². The molecule has 122 valence electrons. The van der Waals surface area contributed by atoms with Crippen molar-refractivity contribution in [1.29, 1.82) is 0 Å². The minimum absolute atomic E-state index is 0.485. The largest absolute Gasteiger partial charge is 0.332 e. The first-order chi connectivity index (χ1) is 11.6. The smallest absolute Gasteiger partial charge is 0.176 e. The number of halogens is 2. The molecule has 0 aliphatic rings. The first-order valence-electron chi connectivity index (χ1n) is 7.20. The predicted molar refractivity (Wildman–Crippen MR) is 107 cm³/mol. The Kier molecular flexibility index (Phi) is 5.50. The Hall–Kier alpha value is -1.89. The summed E-state index contributed by atoms with van der Waals surface area (Å²) in [4.78, 5) is 0. The molecule has 0 aliphatic heterocycles. The van der Waals surface area contributed by atoms with Crippen molar-refractivity contribution in [1.82, 2.24) is 9.78 Å². The molecule has 2 aromatic carbocycles. The Labute approximate surface area is 159 Å². The highest BCUT2D eigenvalue weighted by molar-refractivity contribution is 9.10. The van der Waals surface area contributed by atoms with Gasteiger partial charge in [0.25, 0.3) is 0 Å². The number of nitrogens with one attached hydrogen (secondary N) is 2. The second kappa shape index (κ2) is 7.79. The van der Waals surface area contributed by atoms with Gasteiger partial charge in [-0.2, -0.15) is 5.10 Å². The fourth-order valence-corrected chi connectivity index (χ4v) is 2.89. The highest BCUT2D eigenvalue weighted by atomic mass is 79.9. The van der Waals surface area contributed by atoms with Crippen molar-refractivity contribution >= 4 is 56.4 Å². The van der Waals surface area contributed by atoms with E-state index in [1.807, 2.05) is 65.5 Å². The summed E-state index contributed by atoms with van der Waals surface area (Å²) in [5.41, 5.74) is 2.04. The van der Waals surface area contributed by atoms with Crippen molar-refractivity contribution in [3.8, 4) is 0 Å². The molecule has 3 aromatic rings. The Morgan fingerprint density at radius 2 is 1.79 bits per heavy atom. The summed E-state index contributed by atoms with van der Waals surface area (Å²) in [5, 5.41) is 11.9. The average molecular weight is 422 g/mol. The zero-order valence-electron chi connectivity index (χ0n) is 12.5. The quantitative estimate of drug-likeness (QED) is 0.571. The molecule has 0 unspecified atom stereocenters. The number of benzene rings is 2. The lowest BCUT2D eigenvalue weighted by Crippen LogP contribution is -2.19. The number of hydrogen-bond donors (Lipinski definition) is 2. The van der Waals surface area contributed by atoms with Gasteiger partial charge in [-0.3, -0.25) is 4.68 Å². The SMILES string of the molecule is S=C(Nc1ccccc1)Nc1nn(Cc2ccc(Cl)cc2)cc1Br. The van der Waals surface area contributed by atoms with E-state index in [1.54, 1.807) is 0 Å². The number of rotatable bonds is 4. The topological polar surface area (TPSA) is 41.9 Å². The van der Waals surface area contributed by atoms with Gasteiger partial charge in [0, 0.05) is 16.9 Å². The van der Waals surface area contributed by atoms with Crippen LogP contribution in [0.2, 0.25) is 5.02 Å². The summed E-state index contributed by atoms with van der Waals surface area (Å²) >= 11 is 14.7. The van der Waals surface area contributed by atoms with Crippen LogP contribution < -0.4 is 10.6 Å². The molecular formula is C17H14BrClN4S. The van der Waals surface area contributed by atoms with Gasteiger partial charge in [0.1, 0.15) is 0 Å². The molecule has 0 amide bonds. The number of thiocarbonyl (C=S) groups is 1. The van der Waals surface area contributed by atoms with Crippen LogP contribution in [0.25, 0.3) is 0 Å². The van der Waals surface area contributed by atoms with Crippen LogP contribution in [0.15, 0.2) is 65.3 Å². The third-order valence-corrected chi connectivity index (χ3v) is 4.27. The number of aromatic nitrogens is 2. The van der Waals surface area contributed by atoms with E-state index in [1.165, 1.54) is 0 Å². The number of hydrogen-bond acceptors (Lipinski definition) is 2. The lowest BCUT2D eigenvalue weighted by molar-refractivity contribution is 0.689. The zero-order valence-corrected chi connectivity index (χ0v) is 15.7. The minimum atomic E-state index is 0.485. The third-order valence-electron chi connectivity index (χ3n) is 3.24. The molecule has 0 aliphatic carbocycles. The van der Waals surface area contributed by atoms with Gasteiger partial charge < -0.3 is 10.6 Å². The van der Waals surface area contributed by atoms with E-state index in [9.17, 15) is 0 Å². The second-order valence-electron chi connectivity index (χ2n) is 5.09. The van der Waals surface area contributed by atoms with Crippen molar-refractivity contribution in [2.75, 3.05) is 10.6 Å². The standard InChI is InChI=1S/C17H14BrClN4S/c18-15-11-23(10-12-6-8-13(19)9-7-12)22-16(15)21-17(24)20-14-4-2-1-3-5-14/h1-9,11H,10H2,(H2,20,21,22,24). The van der Waals surface area contributed by atoms with Crippen LogP contribution in [0, 0.1) is 0 Å². The number of para-hydroxylation sites is 1. The Morgan fingerprint density at radius 1 is 1.08 bits per heavy atom. The number of anilines is 2. The molecule has 0 radical (unpaired) electrons. The van der Waals surface area contributed by atoms with Gasteiger partial charge in [-0.15, -0.1) is 0 Å². The van der Waals surface area contributed by atoms with Gasteiger partial charge in [0.2, 0.25) is 0 Å². The molecule has 3 rings (SSSR count). The highest BCUT2D eigenvalue weighted by Crippen LogP contribution is 2.21. The van der Waals surface area contributed by atoms with E-state index in [4.69, 9.17) is 23.8 Å². The maximum atomic E-state index is 5.91. The number of nitrogens with zero attached hydrogens (tertiary/aromatic N) is 2. The maximum absolute atomic E-state index is 5.91. The highest BCUT2D eigenvalue weighted by Gasteiger charge is 2.09. The Bertz CT molecular complexity index is 834. The summed E-state index contributed by atoms with van der Waals surface area (Å²) in [6.45, 7) is 0.649. The van der Waals surface area contributed by atoms with Gasteiger partial charge in [0.15, 0.2) is 10.9 Å². The Balaban J connectivity index is 1.65. The average Bonchev–Trinajstić information content (AvgIpc) is 2.90. The second-order valence-corrected chi connectivity index (χ2v) is 6.79. The monoisotopic (exact) mass is 420 g/mol. The van der Waals surface area contributed by atoms with Gasteiger partial charge in [0.05, 0.1) is 11.0 Å². The van der Waals surface area contributed by atoms with Crippen molar-refractivity contribution in [2.24, 2.45) is 0 Å². The molecule has 0 saturated heterocycles. The zero-order chi connectivity index (χ0) is 16.9. The van der Waals surface area contributed by atoms with Crippen LogP contribution in [-0.2, 0) is 6.54 Å². The fourth-order valence-electron chi connectivity index (χ4n) is 2.13. The summed E-state index contributed by atoms with van der Waals surface area (Å²) in [7, 11) is 0. The van der Waals surface area contributed by atoms with E-state index < -0.39 is 0 Å². The van der Waals surface area contributed by atoms with Gasteiger partial charge in [-0.05, 0) is 58.0 Å². The van der Waals surface area contributed by atoms with Crippen LogP contribution in [0.1, 0.15) is 5.56 Å². The molecule has 0 saturated carbocycles. The Morgan fingerprint density at radius 3 is 2.50 bits per heavy atom. The first kappa shape index (κ1) is 17.0. The molecule has 0 fully saturated rings. The van der Waals surface area contributed by atoms with Crippen LogP contribution in [0.5, 0.6) is 0 Å². The first-order valence-corrected chi connectivity index (χ1v) is 8.78. The van der Waals surface area contributed by atoms with E-state index in [0.717, 1.165) is 20.7 Å². The maximum Gasteiger partial charge on any atom is 0.176 e. The normalized spacial score (nSPS) is 10.4. The molecule has 4 nitrogen and oxygen atoms in total. The molecule has 24 heavy (non-hydrogen) atoms. The third kappa shape index (κ3) is 4.56. The molecule has 0 atom stereocenters. The van der Waals surface area contributed by atoms with Crippen molar-refractivity contribution in [3.05, 3.63) is 75.9 Å². The van der Waals surface area contributed by atoms with Crippen LogP contribution >= 0.6 is 39.7 Å².